The van der Waals surface area contributed by atoms with Crippen molar-refractivity contribution < 1.29 is 14.1 Å². The van der Waals surface area contributed by atoms with E-state index in [1.54, 1.807) is 6.92 Å². The molecular formula is C25H22NO3P. The van der Waals surface area contributed by atoms with E-state index in [1.807, 2.05) is 85.8 Å². The predicted molar refractivity (Wildman–Crippen MR) is 123 cm³/mol. The number of ether oxygens (including phenoxy) is 1. The third kappa shape index (κ3) is 3.79. The Morgan fingerprint density at radius 3 is 2.20 bits per heavy atom. The van der Waals surface area contributed by atoms with Gasteiger partial charge in [-0.25, -0.2) is 9.78 Å². The molecule has 4 aromatic rings. The number of hydrogen-bond acceptors (Lipinski definition) is 4. The van der Waals surface area contributed by atoms with E-state index in [2.05, 4.69) is 4.98 Å². The first-order valence-corrected chi connectivity index (χ1v) is 11.3. The number of benzene rings is 3. The lowest BCUT2D eigenvalue weighted by Gasteiger charge is -2.15. The zero-order valence-electron chi connectivity index (χ0n) is 16.9. The van der Waals surface area contributed by atoms with Crippen molar-refractivity contribution in [1.29, 1.82) is 0 Å². The molecule has 0 radical (unpaired) electrons. The zero-order chi connectivity index (χ0) is 21.1. The van der Waals surface area contributed by atoms with Gasteiger partial charge in [0.05, 0.1) is 6.61 Å². The van der Waals surface area contributed by atoms with Gasteiger partial charge in [-0.1, -0.05) is 84.4 Å². The Morgan fingerprint density at radius 1 is 0.900 bits per heavy atom. The smallest absolute Gasteiger partial charge is 0.357 e. The van der Waals surface area contributed by atoms with E-state index in [9.17, 15) is 9.36 Å². The lowest BCUT2D eigenvalue weighted by molar-refractivity contribution is 0.0521. The molecule has 4 nitrogen and oxygen atoms in total. The van der Waals surface area contributed by atoms with Crippen LogP contribution in [-0.2, 0) is 9.30 Å². The Kier molecular flexibility index (Phi) is 5.78. The molecular weight excluding hydrogens is 393 g/mol. The number of esters is 1. The van der Waals surface area contributed by atoms with E-state index in [4.69, 9.17) is 4.74 Å². The average molecular weight is 415 g/mol. The Hall–Kier alpha value is -3.23. The van der Waals surface area contributed by atoms with Gasteiger partial charge in [0.15, 0.2) is 5.69 Å². The Bertz CT molecular complexity index is 1230. The third-order valence-corrected chi connectivity index (χ3v) is 6.64. The van der Waals surface area contributed by atoms with Gasteiger partial charge in [0, 0.05) is 16.3 Å². The second-order valence-corrected chi connectivity index (χ2v) is 8.72. The molecule has 4 rings (SSSR count). The summed E-state index contributed by atoms with van der Waals surface area (Å²) < 4.78 is 18.8. The van der Waals surface area contributed by atoms with Crippen LogP contribution in [0.5, 0.6) is 0 Å². The molecule has 0 aliphatic carbocycles. The first kappa shape index (κ1) is 20.1. The van der Waals surface area contributed by atoms with Crippen molar-refractivity contribution >= 4 is 35.3 Å². The molecule has 0 N–H and O–H groups in total. The molecule has 3 aromatic carbocycles. The molecule has 0 saturated heterocycles. The van der Waals surface area contributed by atoms with Crippen molar-refractivity contribution in [3.8, 4) is 11.1 Å². The first-order chi connectivity index (χ1) is 14.6. The molecule has 0 saturated carbocycles. The van der Waals surface area contributed by atoms with Crippen molar-refractivity contribution in [3.05, 3.63) is 90.1 Å². The van der Waals surface area contributed by atoms with E-state index < -0.39 is 13.8 Å². The van der Waals surface area contributed by atoms with Gasteiger partial charge in [-0.2, -0.15) is 0 Å². The number of carbonyl (C=O) groups is 1. The molecule has 1 heterocycles. The summed E-state index contributed by atoms with van der Waals surface area (Å²) in [4.78, 5) is 17.5. The van der Waals surface area contributed by atoms with Crippen LogP contribution in [0.4, 0.5) is 0 Å². The highest BCUT2D eigenvalue weighted by atomic mass is 31.1. The molecule has 0 spiro atoms. The summed E-state index contributed by atoms with van der Waals surface area (Å²) >= 11 is 0. The molecule has 0 aliphatic heterocycles. The number of rotatable bonds is 5. The maximum atomic E-state index is 13.5. The second kappa shape index (κ2) is 8.64. The number of carbonyl (C=O) groups excluding carboxylic acids is 1. The maximum Gasteiger partial charge on any atom is 0.357 e. The zero-order valence-corrected chi connectivity index (χ0v) is 17.9. The minimum absolute atomic E-state index is 0.196. The fourth-order valence-electron chi connectivity index (χ4n) is 3.52. The van der Waals surface area contributed by atoms with Crippen LogP contribution < -0.4 is 10.7 Å². The number of nitrogens with zero attached hydrogens (tertiary/aromatic N) is 1. The summed E-state index contributed by atoms with van der Waals surface area (Å²) in [7, 11) is -2.42. The number of aromatic nitrogens is 1. The topological polar surface area (TPSA) is 56.3 Å². The van der Waals surface area contributed by atoms with Gasteiger partial charge < -0.3 is 9.30 Å². The average Bonchev–Trinajstić information content (AvgIpc) is 2.78. The van der Waals surface area contributed by atoms with Gasteiger partial charge in [0.25, 0.3) is 0 Å². The van der Waals surface area contributed by atoms with Crippen molar-refractivity contribution in [1.82, 2.24) is 4.98 Å². The van der Waals surface area contributed by atoms with Crippen molar-refractivity contribution in [3.63, 3.8) is 0 Å². The van der Waals surface area contributed by atoms with Gasteiger partial charge in [-0.15, -0.1) is 0 Å². The van der Waals surface area contributed by atoms with E-state index >= 15 is 0 Å². The Labute approximate surface area is 176 Å². The summed E-state index contributed by atoms with van der Waals surface area (Å²) in [6.07, 6.45) is 0. The summed E-state index contributed by atoms with van der Waals surface area (Å²) in [6, 6.07) is 24.9. The van der Waals surface area contributed by atoms with E-state index in [1.165, 1.54) is 0 Å². The largest absolute Gasteiger partial charge is 0.461 e. The van der Waals surface area contributed by atoms with Crippen LogP contribution in [-0.4, -0.2) is 17.6 Å². The van der Waals surface area contributed by atoms with E-state index in [0.29, 0.717) is 16.3 Å². The molecule has 0 amide bonds. The fraction of sp³-hybridized carbons (Fsp3) is 0.120. The number of hydrogen-bond donors (Lipinski definition) is 0. The quantitative estimate of drug-likeness (QED) is 0.344. The second-order valence-electron chi connectivity index (χ2n) is 7.01. The monoisotopic (exact) mass is 415 g/mol. The van der Waals surface area contributed by atoms with Crippen LogP contribution in [0.15, 0.2) is 78.9 Å². The lowest BCUT2D eigenvalue weighted by Crippen LogP contribution is -2.19. The number of pyridine rings is 1. The highest BCUT2D eigenvalue weighted by molar-refractivity contribution is 7.61. The molecule has 1 aromatic heterocycles. The molecule has 1 unspecified atom stereocenters. The van der Waals surface area contributed by atoms with Crippen LogP contribution in [0.1, 0.15) is 23.0 Å². The SMILES string of the molecule is CCOC(=O)c1nc([PH](=O)c2ccc(C)cc2)c2ccccc2c1-c1ccccc1. The van der Waals surface area contributed by atoms with Crippen LogP contribution in [0, 0.1) is 6.92 Å². The van der Waals surface area contributed by atoms with Crippen molar-refractivity contribution in [2.24, 2.45) is 0 Å². The molecule has 0 aliphatic rings. The first-order valence-electron chi connectivity index (χ1n) is 9.86. The van der Waals surface area contributed by atoms with E-state index in [-0.39, 0.29) is 12.3 Å². The van der Waals surface area contributed by atoms with E-state index in [0.717, 1.165) is 21.9 Å². The summed E-state index contributed by atoms with van der Waals surface area (Å²) in [5.74, 6) is -0.512. The van der Waals surface area contributed by atoms with Gasteiger partial charge in [0.2, 0.25) is 0 Å². The molecule has 150 valence electrons. The highest BCUT2D eigenvalue weighted by Gasteiger charge is 2.24. The van der Waals surface area contributed by atoms with Crippen LogP contribution >= 0.6 is 7.80 Å². The Balaban J connectivity index is 2.02. The maximum absolute atomic E-state index is 13.5. The normalized spacial score (nSPS) is 11.9. The molecule has 5 heteroatoms. The standard InChI is InChI=1S/C25H22NO3P/c1-3-29-25(27)23-22(18-9-5-4-6-10-18)20-11-7-8-12-21(20)24(26-23)30(28)19-15-13-17(2)14-16-19/h4-16,30H,3H2,1-2H3. The van der Waals surface area contributed by atoms with Gasteiger partial charge in [-0.05, 0) is 24.8 Å². The number of fused-ring (bicyclic) bond motifs is 1. The van der Waals surface area contributed by atoms with Gasteiger partial charge in [-0.3, -0.25) is 0 Å². The third-order valence-electron chi connectivity index (χ3n) is 4.97. The highest BCUT2D eigenvalue weighted by Crippen LogP contribution is 2.34. The molecule has 30 heavy (non-hydrogen) atoms. The summed E-state index contributed by atoms with van der Waals surface area (Å²) in [6.45, 7) is 3.99. The minimum Gasteiger partial charge on any atom is -0.461 e. The van der Waals surface area contributed by atoms with Crippen LogP contribution in [0.3, 0.4) is 0 Å². The van der Waals surface area contributed by atoms with Gasteiger partial charge in [0.1, 0.15) is 13.2 Å². The van der Waals surface area contributed by atoms with Gasteiger partial charge >= 0.3 is 5.97 Å². The van der Waals surface area contributed by atoms with Crippen LogP contribution in [0.2, 0.25) is 0 Å². The van der Waals surface area contributed by atoms with Crippen molar-refractivity contribution in [2.45, 2.75) is 13.8 Å². The Morgan fingerprint density at radius 2 is 1.53 bits per heavy atom. The van der Waals surface area contributed by atoms with Crippen LogP contribution in [0.25, 0.3) is 21.9 Å². The molecule has 0 fully saturated rings. The van der Waals surface area contributed by atoms with Crippen molar-refractivity contribution in [2.75, 3.05) is 6.61 Å². The number of aryl methyl sites for hydroxylation is 1. The predicted octanol–water partition coefficient (Wildman–Crippen LogP) is 4.90. The molecule has 0 bridgehead atoms. The minimum atomic E-state index is -2.42. The lowest BCUT2D eigenvalue weighted by atomic mass is 9.97. The molecule has 1 atom stereocenters. The fourth-order valence-corrected chi connectivity index (χ4v) is 4.94. The summed E-state index contributed by atoms with van der Waals surface area (Å²) in [5, 5.41) is 2.33. The summed E-state index contributed by atoms with van der Waals surface area (Å²) in [5.41, 5.74) is 3.29.